The van der Waals surface area contributed by atoms with Crippen LogP contribution in [0.25, 0.3) is 0 Å². The first-order chi connectivity index (χ1) is 10.9. The second-order valence-corrected chi connectivity index (χ2v) is 5.92. The molecule has 1 aromatic carbocycles. The fraction of sp³-hybridized carbons (Fsp3) is 0.353. The first-order valence-corrected chi connectivity index (χ1v) is 7.46. The number of β-amino-alcohol motifs (C(OH)–C–C–N with tert-alkyl or cyclic N) is 1. The van der Waals surface area contributed by atoms with Gasteiger partial charge >= 0.3 is 0 Å². The molecule has 3 rings (SSSR count). The largest absolute Gasteiger partial charge is 0.506 e. The van der Waals surface area contributed by atoms with Crippen molar-refractivity contribution in [2.24, 2.45) is 0 Å². The van der Waals surface area contributed by atoms with Crippen LogP contribution in [0.3, 0.4) is 0 Å². The van der Waals surface area contributed by atoms with E-state index in [1.54, 1.807) is 12.1 Å². The lowest BCUT2D eigenvalue weighted by atomic mass is 10.0. The molecule has 4 nitrogen and oxygen atoms in total. The number of hydrogen-bond donors (Lipinski definition) is 2. The SMILES string of the molecule is Cc1ccc(O)c(CN2C[C@H](O)C[C@H]2c2cc(F)ccc2F)n1. The summed E-state index contributed by atoms with van der Waals surface area (Å²) in [6.07, 6.45) is -0.318. The van der Waals surface area contributed by atoms with Gasteiger partial charge in [0.05, 0.1) is 11.8 Å². The maximum absolute atomic E-state index is 14.1. The summed E-state index contributed by atoms with van der Waals surface area (Å²) in [5.41, 5.74) is 1.43. The molecule has 0 saturated carbocycles. The number of aliphatic hydroxyl groups is 1. The lowest BCUT2D eigenvalue weighted by molar-refractivity contribution is 0.171. The number of hydrogen-bond acceptors (Lipinski definition) is 4. The maximum atomic E-state index is 14.1. The molecular formula is C17H18F2N2O2. The number of aliphatic hydroxyl groups excluding tert-OH is 1. The molecule has 6 heteroatoms. The monoisotopic (exact) mass is 320 g/mol. The third kappa shape index (κ3) is 3.33. The number of likely N-dealkylation sites (tertiary alicyclic amines) is 1. The standard InChI is InChI=1S/C17H18F2N2O2/c1-10-2-5-17(23)15(20-10)9-21-8-12(22)7-16(21)13-6-11(18)3-4-14(13)19/h2-6,12,16,22-23H,7-9H2,1H3/t12-,16+/m1/s1. The molecular weight excluding hydrogens is 302 g/mol. The minimum atomic E-state index is -0.630. The van der Waals surface area contributed by atoms with Crippen molar-refractivity contribution in [3.63, 3.8) is 0 Å². The number of nitrogens with zero attached hydrogens (tertiary/aromatic N) is 2. The van der Waals surface area contributed by atoms with Gasteiger partial charge in [-0.2, -0.15) is 0 Å². The zero-order valence-corrected chi connectivity index (χ0v) is 12.7. The van der Waals surface area contributed by atoms with E-state index in [0.717, 1.165) is 23.9 Å². The molecule has 2 N–H and O–H groups in total. The van der Waals surface area contributed by atoms with Gasteiger partial charge in [0.2, 0.25) is 0 Å². The highest BCUT2D eigenvalue weighted by Gasteiger charge is 2.34. The van der Waals surface area contributed by atoms with E-state index < -0.39 is 23.8 Å². The average Bonchev–Trinajstić information content (AvgIpc) is 2.86. The topological polar surface area (TPSA) is 56.6 Å². The summed E-state index contributed by atoms with van der Waals surface area (Å²) in [4.78, 5) is 6.10. The van der Waals surface area contributed by atoms with Gasteiger partial charge in [-0.25, -0.2) is 8.78 Å². The Morgan fingerprint density at radius 1 is 1.26 bits per heavy atom. The van der Waals surface area contributed by atoms with Crippen molar-refractivity contribution in [2.75, 3.05) is 6.54 Å². The van der Waals surface area contributed by atoms with Crippen LogP contribution in [0, 0.1) is 18.6 Å². The Bertz CT molecular complexity index is 724. The van der Waals surface area contributed by atoms with Crippen molar-refractivity contribution in [2.45, 2.75) is 32.0 Å². The molecule has 1 fully saturated rings. The van der Waals surface area contributed by atoms with Gasteiger partial charge < -0.3 is 10.2 Å². The minimum Gasteiger partial charge on any atom is -0.506 e. The average molecular weight is 320 g/mol. The van der Waals surface area contributed by atoms with E-state index in [2.05, 4.69) is 4.98 Å². The lowest BCUT2D eigenvalue weighted by Crippen LogP contribution is -2.25. The zero-order valence-electron chi connectivity index (χ0n) is 12.7. The second kappa shape index (κ2) is 6.22. The van der Waals surface area contributed by atoms with Crippen molar-refractivity contribution < 1.29 is 19.0 Å². The molecule has 0 amide bonds. The Morgan fingerprint density at radius 2 is 2.04 bits per heavy atom. The fourth-order valence-corrected chi connectivity index (χ4v) is 3.06. The van der Waals surface area contributed by atoms with Gasteiger partial charge in [-0.1, -0.05) is 0 Å². The highest BCUT2D eigenvalue weighted by Crippen LogP contribution is 2.35. The van der Waals surface area contributed by atoms with E-state index >= 15 is 0 Å². The molecule has 1 aliphatic heterocycles. The van der Waals surface area contributed by atoms with Crippen molar-refractivity contribution in [3.8, 4) is 5.75 Å². The number of benzene rings is 1. The second-order valence-electron chi connectivity index (χ2n) is 5.92. The molecule has 0 bridgehead atoms. The van der Waals surface area contributed by atoms with Crippen LogP contribution in [0.15, 0.2) is 30.3 Å². The first-order valence-electron chi connectivity index (χ1n) is 7.46. The summed E-state index contributed by atoms with van der Waals surface area (Å²) >= 11 is 0. The normalized spacial score (nSPS) is 21.7. The van der Waals surface area contributed by atoms with Crippen LogP contribution in [-0.2, 0) is 6.54 Å². The summed E-state index contributed by atoms with van der Waals surface area (Å²) in [6.45, 7) is 2.38. The number of aromatic hydroxyl groups is 1. The van der Waals surface area contributed by atoms with E-state index in [9.17, 15) is 19.0 Å². The molecule has 23 heavy (non-hydrogen) atoms. The summed E-state index contributed by atoms with van der Waals surface area (Å²) in [6, 6.07) is 6.12. The van der Waals surface area contributed by atoms with E-state index in [1.165, 1.54) is 0 Å². The van der Waals surface area contributed by atoms with Crippen molar-refractivity contribution in [1.29, 1.82) is 0 Å². The molecule has 2 aromatic rings. The summed E-state index contributed by atoms with van der Waals surface area (Å²) < 4.78 is 27.5. The Labute approximate surface area is 133 Å². The highest BCUT2D eigenvalue weighted by molar-refractivity contribution is 5.29. The molecule has 0 spiro atoms. The van der Waals surface area contributed by atoms with Gasteiger partial charge in [0, 0.05) is 30.4 Å². The quantitative estimate of drug-likeness (QED) is 0.913. The summed E-state index contributed by atoms with van der Waals surface area (Å²) in [7, 11) is 0. The molecule has 0 unspecified atom stereocenters. The van der Waals surface area contributed by atoms with Crippen LogP contribution >= 0.6 is 0 Å². The molecule has 122 valence electrons. The van der Waals surface area contributed by atoms with E-state index in [1.807, 2.05) is 11.8 Å². The predicted molar refractivity (Wildman–Crippen MR) is 80.8 cm³/mol. The van der Waals surface area contributed by atoms with Crippen LogP contribution in [0.2, 0.25) is 0 Å². The predicted octanol–water partition coefficient (Wildman–Crippen LogP) is 2.68. The molecule has 1 aliphatic rings. The fourth-order valence-electron chi connectivity index (χ4n) is 3.06. The molecule has 1 saturated heterocycles. The van der Waals surface area contributed by atoms with Crippen molar-refractivity contribution >= 4 is 0 Å². The lowest BCUT2D eigenvalue weighted by Gasteiger charge is -2.25. The molecule has 0 radical (unpaired) electrons. The summed E-state index contributed by atoms with van der Waals surface area (Å²) in [5, 5.41) is 19.9. The van der Waals surface area contributed by atoms with Gasteiger partial charge in [0.25, 0.3) is 0 Å². The van der Waals surface area contributed by atoms with E-state index in [-0.39, 0.29) is 17.9 Å². The Balaban J connectivity index is 1.91. The van der Waals surface area contributed by atoms with Gasteiger partial charge in [0.15, 0.2) is 0 Å². The molecule has 2 atom stereocenters. The molecule has 2 heterocycles. The van der Waals surface area contributed by atoms with Crippen LogP contribution < -0.4 is 0 Å². The molecule has 1 aromatic heterocycles. The van der Waals surface area contributed by atoms with Crippen LogP contribution in [0.4, 0.5) is 8.78 Å². The Morgan fingerprint density at radius 3 is 2.83 bits per heavy atom. The minimum absolute atomic E-state index is 0.0513. The number of rotatable bonds is 3. The molecule has 0 aliphatic carbocycles. The third-order valence-electron chi connectivity index (χ3n) is 4.14. The smallest absolute Gasteiger partial charge is 0.138 e. The van der Waals surface area contributed by atoms with Gasteiger partial charge in [-0.15, -0.1) is 0 Å². The first kappa shape index (κ1) is 15.8. The Hall–Kier alpha value is -2.05. The number of aryl methyl sites for hydroxylation is 1. The van der Waals surface area contributed by atoms with Gasteiger partial charge in [-0.3, -0.25) is 9.88 Å². The highest BCUT2D eigenvalue weighted by atomic mass is 19.1. The van der Waals surface area contributed by atoms with E-state index in [0.29, 0.717) is 18.7 Å². The van der Waals surface area contributed by atoms with Crippen LogP contribution in [0.1, 0.15) is 29.4 Å². The summed E-state index contributed by atoms with van der Waals surface area (Å²) in [5.74, 6) is -0.966. The number of aromatic nitrogens is 1. The van der Waals surface area contributed by atoms with Crippen LogP contribution in [-0.4, -0.2) is 32.7 Å². The van der Waals surface area contributed by atoms with Crippen LogP contribution in [0.5, 0.6) is 5.75 Å². The maximum Gasteiger partial charge on any atom is 0.138 e. The van der Waals surface area contributed by atoms with Crippen molar-refractivity contribution in [3.05, 3.63) is 58.9 Å². The zero-order chi connectivity index (χ0) is 16.6. The van der Waals surface area contributed by atoms with E-state index in [4.69, 9.17) is 0 Å². The number of halogens is 2. The van der Waals surface area contributed by atoms with Gasteiger partial charge in [-0.05, 0) is 43.7 Å². The Kier molecular flexibility index (Phi) is 4.28. The van der Waals surface area contributed by atoms with Gasteiger partial charge in [0.1, 0.15) is 17.4 Å². The number of pyridine rings is 1. The van der Waals surface area contributed by atoms with Crippen molar-refractivity contribution in [1.82, 2.24) is 9.88 Å². The third-order valence-corrected chi connectivity index (χ3v) is 4.14.